The van der Waals surface area contributed by atoms with Crippen molar-refractivity contribution in [2.75, 3.05) is 24.5 Å². The standard InChI is InChI=1S/C22H25FN6O3.C2HF3O2/c1-22(2,25)9-20(30)27-5-6-28-16(11-27)12-29-19(28)8-18(26-21(29)31)32-13-14-3-4-17(23)15(7-14)10-24;3-2(4,5)1(6)7/h3-4,7-8,16H,5-6,9,11-13,25H2,1-2H3;(H,6,7). The van der Waals surface area contributed by atoms with Gasteiger partial charge in [0.2, 0.25) is 11.8 Å². The zero-order chi connectivity index (χ0) is 29.1. The summed E-state index contributed by atoms with van der Waals surface area (Å²) < 4.78 is 52.5. The Kier molecular flexibility index (Phi) is 8.49. The zero-order valence-electron chi connectivity index (χ0n) is 21.0. The van der Waals surface area contributed by atoms with Gasteiger partial charge in [-0.3, -0.25) is 9.36 Å². The third kappa shape index (κ3) is 7.44. The Hall–Kier alpha value is -4.19. The van der Waals surface area contributed by atoms with E-state index in [0.29, 0.717) is 37.6 Å². The van der Waals surface area contributed by atoms with E-state index in [9.17, 15) is 27.2 Å². The molecule has 0 bridgehead atoms. The molecular formula is C24H26F4N6O5. The van der Waals surface area contributed by atoms with Gasteiger partial charge in [-0.1, -0.05) is 6.07 Å². The molecule has 4 rings (SSSR count). The molecule has 3 heterocycles. The van der Waals surface area contributed by atoms with Crippen molar-refractivity contribution in [1.82, 2.24) is 14.5 Å². The summed E-state index contributed by atoms with van der Waals surface area (Å²) in [6.45, 7) is 5.79. The molecule has 3 N–H and O–H groups in total. The van der Waals surface area contributed by atoms with E-state index >= 15 is 0 Å². The fourth-order valence-electron chi connectivity index (χ4n) is 4.11. The molecule has 1 saturated heterocycles. The summed E-state index contributed by atoms with van der Waals surface area (Å²) in [5, 5.41) is 16.1. The summed E-state index contributed by atoms with van der Waals surface area (Å²) in [7, 11) is 0. The Labute approximate surface area is 220 Å². The first kappa shape index (κ1) is 29.4. The second kappa shape index (κ2) is 11.3. The number of aliphatic carboxylic acids is 1. The van der Waals surface area contributed by atoms with Gasteiger partial charge >= 0.3 is 17.8 Å². The smallest absolute Gasteiger partial charge is 0.475 e. The number of rotatable bonds is 5. The number of nitriles is 1. The molecule has 1 amide bonds. The molecule has 0 aliphatic carbocycles. The summed E-state index contributed by atoms with van der Waals surface area (Å²) in [6.07, 6.45) is -4.82. The molecule has 0 saturated carbocycles. The van der Waals surface area contributed by atoms with E-state index in [1.165, 1.54) is 18.2 Å². The van der Waals surface area contributed by atoms with Crippen molar-refractivity contribution in [2.24, 2.45) is 5.73 Å². The molecule has 1 unspecified atom stereocenters. The molecular weight excluding hydrogens is 528 g/mol. The quantitative estimate of drug-likeness (QED) is 0.525. The van der Waals surface area contributed by atoms with Gasteiger partial charge in [-0.25, -0.2) is 14.0 Å². The molecule has 39 heavy (non-hydrogen) atoms. The predicted octanol–water partition coefficient (Wildman–Crippen LogP) is 1.62. The van der Waals surface area contributed by atoms with Crippen molar-refractivity contribution in [1.29, 1.82) is 5.26 Å². The van der Waals surface area contributed by atoms with E-state index in [1.54, 1.807) is 21.6 Å². The molecule has 0 spiro atoms. The molecule has 2 aliphatic heterocycles. The van der Waals surface area contributed by atoms with Crippen LogP contribution in [0.4, 0.5) is 23.4 Å². The second-order valence-corrected chi connectivity index (χ2v) is 9.72. The normalized spacial score (nSPS) is 16.4. The minimum Gasteiger partial charge on any atom is -0.475 e. The van der Waals surface area contributed by atoms with Crippen LogP contribution < -0.4 is 21.1 Å². The van der Waals surface area contributed by atoms with Crippen LogP contribution >= 0.6 is 0 Å². The van der Waals surface area contributed by atoms with Crippen LogP contribution in [0.25, 0.3) is 0 Å². The second-order valence-electron chi connectivity index (χ2n) is 9.72. The number of hydrogen-bond acceptors (Lipinski definition) is 8. The fraction of sp³-hybridized carbons (Fsp3) is 0.458. The summed E-state index contributed by atoms with van der Waals surface area (Å²) >= 11 is 0. The van der Waals surface area contributed by atoms with Gasteiger partial charge < -0.3 is 25.4 Å². The first-order chi connectivity index (χ1) is 18.1. The van der Waals surface area contributed by atoms with Gasteiger partial charge in [0.15, 0.2) is 0 Å². The van der Waals surface area contributed by atoms with Gasteiger partial charge in [-0.05, 0) is 31.5 Å². The molecule has 1 fully saturated rings. The number of carboxylic acids is 1. The van der Waals surface area contributed by atoms with E-state index in [-0.39, 0.29) is 36.4 Å². The van der Waals surface area contributed by atoms with E-state index < -0.39 is 29.2 Å². The topological polar surface area (TPSA) is 155 Å². The Morgan fingerprint density at radius 2 is 1.90 bits per heavy atom. The number of benzene rings is 1. The summed E-state index contributed by atoms with van der Waals surface area (Å²) in [5.74, 6) is -2.48. The third-order valence-electron chi connectivity index (χ3n) is 5.88. The number of fused-ring (bicyclic) bond motifs is 3. The zero-order valence-corrected chi connectivity index (χ0v) is 21.0. The molecule has 2 aliphatic rings. The number of halogens is 4. The van der Waals surface area contributed by atoms with Crippen LogP contribution in [0, 0.1) is 17.1 Å². The average Bonchev–Trinajstić information content (AvgIpc) is 3.21. The van der Waals surface area contributed by atoms with E-state index in [2.05, 4.69) is 9.88 Å². The first-order valence-electron chi connectivity index (χ1n) is 11.7. The van der Waals surface area contributed by atoms with Gasteiger partial charge in [0.25, 0.3) is 0 Å². The highest BCUT2D eigenvalue weighted by molar-refractivity contribution is 5.78. The highest BCUT2D eigenvalue weighted by atomic mass is 19.4. The predicted molar refractivity (Wildman–Crippen MR) is 128 cm³/mol. The number of amides is 1. The molecule has 1 aromatic carbocycles. The van der Waals surface area contributed by atoms with Gasteiger partial charge in [0.1, 0.15) is 24.3 Å². The lowest BCUT2D eigenvalue weighted by atomic mass is 10.0. The lowest BCUT2D eigenvalue weighted by molar-refractivity contribution is -0.192. The minimum atomic E-state index is -5.08. The number of ether oxygens (including phenoxy) is 1. The molecule has 2 aromatic rings. The van der Waals surface area contributed by atoms with Crippen LogP contribution in [-0.2, 0) is 22.7 Å². The summed E-state index contributed by atoms with van der Waals surface area (Å²) in [5.41, 5.74) is 5.52. The molecule has 15 heteroatoms. The highest BCUT2D eigenvalue weighted by Gasteiger charge is 2.39. The van der Waals surface area contributed by atoms with Crippen LogP contribution in [0.3, 0.4) is 0 Å². The number of carbonyl (C=O) groups is 2. The largest absolute Gasteiger partial charge is 0.490 e. The summed E-state index contributed by atoms with van der Waals surface area (Å²) in [6, 6.07) is 7.61. The Bertz CT molecular complexity index is 1350. The summed E-state index contributed by atoms with van der Waals surface area (Å²) in [4.78, 5) is 42.0. The molecule has 1 aromatic heterocycles. The van der Waals surface area contributed by atoms with Crippen molar-refractivity contribution in [2.45, 2.75) is 51.2 Å². The lowest BCUT2D eigenvalue weighted by Gasteiger charge is -2.39. The molecule has 0 radical (unpaired) electrons. The van der Waals surface area contributed by atoms with Crippen molar-refractivity contribution in [3.8, 4) is 11.9 Å². The van der Waals surface area contributed by atoms with Crippen LogP contribution in [0.15, 0.2) is 29.1 Å². The van der Waals surface area contributed by atoms with E-state index in [0.717, 1.165) is 0 Å². The van der Waals surface area contributed by atoms with Crippen molar-refractivity contribution < 1.29 is 37.0 Å². The van der Waals surface area contributed by atoms with Crippen LogP contribution in [0.2, 0.25) is 0 Å². The van der Waals surface area contributed by atoms with Crippen LogP contribution in [0.1, 0.15) is 31.4 Å². The Morgan fingerprint density at radius 3 is 2.49 bits per heavy atom. The fourth-order valence-corrected chi connectivity index (χ4v) is 4.11. The van der Waals surface area contributed by atoms with Crippen molar-refractivity contribution in [3.63, 3.8) is 0 Å². The van der Waals surface area contributed by atoms with Crippen LogP contribution in [-0.4, -0.2) is 68.8 Å². The number of carboxylic acid groups (broad SMARTS) is 1. The number of piperazine rings is 1. The Morgan fingerprint density at radius 1 is 1.23 bits per heavy atom. The SMILES string of the molecule is CC(C)(N)CC(=O)N1CCN2c3cc(OCc4ccc(F)c(C#N)c4)nc(=O)n3CC2C1.O=C(O)C(F)(F)F. The number of alkyl halides is 3. The van der Waals surface area contributed by atoms with Gasteiger partial charge in [-0.2, -0.15) is 23.4 Å². The number of nitrogens with zero attached hydrogens (tertiary/aromatic N) is 5. The third-order valence-corrected chi connectivity index (χ3v) is 5.88. The number of nitrogens with two attached hydrogens (primary N) is 1. The van der Waals surface area contributed by atoms with Gasteiger partial charge in [0, 0.05) is 37.7 Å². The number of hydrogen-bond donors (Lipinski definition) is 2. The van der Waals surface area contributed by atoms with Crippen molar-refractivity contribution in [3.05, 3.63) is 51.7 Å². The maximum atomic E-state index is 13.5. The highest BCUT2D eigenvalue weighted by Crippen LogP contribution is 2.29. The first-order valence-corrected chi connectivity index (χ1v) is 11.7. The number of anilines is 1. The molecule has 11 nitrogen and oxygen atoms in total. The maximum Gasteiger partial charge on any atom is 0.490 e. The lowest BCUT2D eigenvalue weighted by Crippen LogP contribution is -2.55. The van der Waals surface area contributed by atoms with Gasteiger partial charge in [0.05, 0.1) is 18.2 Å². The number of aromatic nitrogens is 2. The Balaban J connectivity index is 0.000000532. The average molecular weight is 555 g/mol. The van der Waals surface area contributed by atoms with Crippen molar-refractivity contribution >= 4 is 17.7 Å². The maximum absolute atomic E-state index is 13.5. The van der Waals surface area contributed by atoms with Crippen LogP contribution in [0.5, 0.6) is 5.88 Å². The van der Waals surface area contributed by atoms with E-state index in [4.69, 9.17) is 25.6 Å². The number of carbonyl (C=O) groups excluding carboxylic acids is 1. The molecule has 210 valence electrons. The molecule has 1 atom stereocenters. The van der Waals surface area contributed by atoms with Gasteiger partial charge in [-0.15, -0.1) is 0 Å². The van der Waals surface area contributed by atoms with E-state index in [1.807, 2.05) is 13.8 Å². The minimum absolute atomic E-state index is 0.0126. The monoisotopic (exact) mass is 554 g/mol.